The fourth-order valence-electron chi connectivity index (χ4n) is 3.13. The molecule has 4 aromatic rings. The quantitative estimate of drug-likeness (QED) is 0.520. The van der Waals surface area contributed by atoms with Crippen LogP contribution in [0.4, 0.5) is 13.2 Å². The van der Waals surface area contributed by atoms with Gasteiger partial charge in [-0.3, -0.25) is 9.78 Å². The highest BCUT2D eigenvalue weighted by Gasteiger charge is 2.33. The van der Waals surface area contributed by atoms with Crippen molar-refractivity contribution in [3.8, 4) is 17.1 Å². The van der Waals surface area contributed by atoms with Crippen LogP contribution in [0.2, 0.25) is 0 Å². The number of alkyl halides is 3. The molecule has 156 valence electrons. The summed E-state index contributed by atoms with van der Waals surface area (Å²) in [5, 5.41) is 10.6. The number of nitrogens with zero attached hydrogens (tertiary/aromatic N) is 4. The van der Waals surface area contributed by atoms with Crippen molar-refractivity contribution in [3.63, 3.8) is 0 Å². The first-order chi connectivity index (χ1) is 14.9. The first-order valence-corrected chi connectivity index (χ1v) is 9.31. The van der Waals surface area contributed by atoms with Crippen LogP contribution >= 0.6 is 0 Å². The van der Waals surface area contributed by atoms with E-state index in [1.54, 1.807) is 36.5 Å². The zero-order valence-corrected chi connectivity index (χ0v) is 16.0. The minimum absolute atomic E-state index is 0.0351. The van der Waals surface area contributed by atoms with E-state index in [2.05, 4.69) is 20.6 Å². The number of nitrogens with one attached hydrogen (secondary N) is 1. The monoisotopic (exact) mass is 423 g/mol. The highest BCUT2D eigenvalue weighted by Crippen LogP contribution is 2.32. The van der Waals surface area contributed by atoms with Crippen molar-refractivity contribution >= 4 is 5.91 Å². The topological polar surface area (TPSA) is 72.7 Å². The average Bonchev–Trinajstić information content (AvgIpc) is 3.23. The van der Waals surface area contributed by atoms with E-state index in [1.807, 2.05) is 18.2 Å². The number of benzene rings is 2. The molecule has 0 bridgehead atoms. The number of aromatic nitrogens is 4. The number of para-hydroxylation sites is 1. The summed E-state index contributed by atoms with van der Waals surface area (Å²) in [4.78, 5) is 17.2. The maximum absolute atomic E-state index is 13.2. The molecule has 6 nitrogen and oxygen atoms in total. The molecule has 0 atom stereocenters. The van der Waals surface area contributed by atoms with Gasteiger partial charge in [0.1, 0.15) is 5.69 Å². The summed E-state index contributed by atoms with van der Waals surface area (Å²) in [5.74, 6) is -0.653. The number of hydrogen-bond acceptors (Lipinski definition) is 4. The summed E-state index contributed by atoms with van der Waals surface area (Å²) in [5.41, 5.74) is 0.584. The van der Waals surface area contributed by atoms with Crippen molar-refractivity contribution < 1.29 is 18.0 Å². The SMILES string of the molecule is O=C(NCc1ccccc1C(F)(F)F)c1nnn(-c2ccccc2)c1-c1ccccn1. The Morgan fingerprint density at radius 2 is 1.65 bits per heavy atom. The Labute approximate surface area is 175 Å². The third-order valence-electron chi connectivity index (χ3n) is 4.56. The Bertz CT molecular complexity index is 1190. The van der Waals surface area contributed by atoms with E-state index in [0.29, 0.717) is 17.1 Å². The molecule has 2 aromatic heterocycles. The molecule has 0 radical (unpaired) electrons. The van der Waals surface area contributed by atoms with Gasteiger partial charge in [0.15, 0.2) is 5.69 Å². The molecule has 0 fully saturated rings. The smallest absolute Gasteiger partial charge is 0.346 e. The van der Waals surface area contributed by atoms with Gasteiger partial charge in [-0.15, -0.1) is 5.10 Å². The lowest BCUT2D eigenvalue weighted by Gasteiger charge is -2.13. The van der Waals surface area contributed by atoms with Crippen molar-refractivity contribution in [1.29, 1.82) is 0 Å². The molecule has 0 unspecified atom stereocenters. The first-order valence-electron chi connectivity index (χ1n) is 9.31. The second kappa shape index (κ2) is 8.39. The molecule has 0 aliphatic heterocycles. The Morgan fingerprint density at radius 3 is 2.35 bits per heavy atom. The molecule has 9 heteroatoms. The van der Waals surface area contributed by atoms with Gasteiger partial charge in [0, 0.05) is 12.7 Å². The van der Waals surface area contributed by atoms with Gasteiger partial charge in [-0.05, 0) is 35.9 Å². The van der Waals surface area contributed by atoms with Crippen LogP contribution < -0.4 is 5.32 Å². The fourth-order valence-corrected chi connectivity index (χ4v) is 3.13. The van der Waals surface area contributed by atoms with Crippen LogP contribution in [0, 0.1) is 0 Å². The van der Waals surface area contributed by atoms with E-state index >= 15 is 0 Å². The van der Waals surface area contributed by atoms with Crippen LogP contribution in [-0.4, -0.2) is 25.9 Å². The normalized spacial score (nSPS) is 11.3. The van der Waals surface area contributed by atoms with Gasteiger partial charge in [0.25, 0.3) is 5.91 Å². The van der Waals surface area contributed by atoms with Crippen LogP contribution in [0.5, 0.6) is 0 Å². The van der Waals surface area contributed by atoms with Gasteiger partial charge in [0.05, 0.1) is 16.9 Å². The van der Waals surface area contributed by atoms with Gasteiger partial charge in [-0.25, -0.2) is 4.68 Å². The maximum Gasteiger partial charge on any atom is 0.416 e. The number of rotatable bonds is 5. The molecule has 0 spiro atoms. The highest BCUT2D eigenvalue weighted by molar-refractivity contribution is 5.97. The second-order valence-corrected chi connectivity index (χ2v) is 6.59. The lowest BCUT2D eigenvalue weighted by Crippen LogP contribution is -2.25. The standard InChI is InChI=1S/C22H16F3N5O/c23-22(24,25)17-11-5-4-8-15(17)14-27-21(31)19-20(18-12-6-7-13-26-18)30(29-28-19)16-9-2-1-3-10-16/h1-13H,14H2,(H,27,31). The lowest BCUT2D eigenvalue weighted by atomic mass is 10.1. The van der Waals surface area contributed by atoms with Gasteiger partial charge >= 0.3 is 6.18 Å². The molecule has 0 aliphatic rings. The van der Waals surface area contributed by atoms with E-state index in [1.165, 1.54) is 22.9 Å². The number of amides is 1. The number of pyridine rings is 1. The summed E-state index contributed by atoms with van der Waals surface area (Å²) in [6, 6.07) is 19.3. The molecule has 1 amide bonds. The van der Waals surface area contributed by atoms with E-state index in [9.17, 15) is 18.0 Å². The van der Waals surface area contributed by atoms with Crippen LogP contribution in [-0.2, 0) is 12.7 Å². The van der Waals surface area contributed by atoms with Gasteiger partial charge < -0.3 is 5.32 Å². The molecule has 4 rings (SSSR count). The van der Waals surface area contributed by atoms with Crippen molar-refractivity contribution in [1.82, 2.24) is 25.3 Å². The summed E-state index contributed by atoms with van der Waals surface area (Å²) in [6.07, 6.45) is -2.95. The number of hydrogen-bond donors (Lipinski definition) is 1. The molecule has 0 saturated carbocycles. The first kappa shape index (κ1) is 20.3. The number of halogens is 3. The van der Waals surface area contributed by atoms with Crippen LogP contribution in [0.25, 0.3) is 17.1 Å². The summed E-state index contributed by atoms with van der Waals surface area (Å²) >= 11 is 0. The second-order valence-electron chi connectivity index (χ2n) is 6.59. The van der Waals surface area contributed by atoms with Gasteiger partial charge in [0.2, 0.25) is 0 Å². The third-order valence-corrected chi connectivity index (χ3v) is 4.56. The zero-order valence-electron chi connectivity index (χ0n) is 16.0. The molecular formula is C22H16F3N5O. The van der Waals surface area contributed by atoms with Crippen molar-refractivity contribution in [3.05, 3.63) is 95.8 Å². The summed E-state index contributed by atoms with van der Waals surface area (Å²) in [6.45, 7) is -0.311. The minimum Gasteiger partial charge on any atom is -0.346 e. The molecule has 0 saturated heterocycles. The van der Waals surface area contributed by atoms with Crippen LogP contribution in [0.3, 0.4) is 0 Å². The van der Waals surface area contributed by atoms with E-state index in [-0.39, 0.29) is 17.8 Å². The zero-order chi connectivity index (χ0) is 21.8. The van der Waals surface area contributed by atoms with E-state index in [4.69, 9.17) is 0 Å². The third kappa shape index (κ3) is 4.30. The van der Waals surface area contributed by atoms with Gasteiger partial charge in [-0.1, -0.05) is 47.7 Å². The predicted molar refractivity (Wildman–Crippen MR) is 107 cm³/mol. The summed E-state index contributed by atoms with van der Waals surface area (Å²) in [7, 11) is 0. The van der Waals surface area contributed by atoms with Crippen molar-refractivity contribution in [2.75, 3.05) is 0 Å². The Balaban J connectivity index is 1.68. The molecule has 31 heavy (non-hydrogen) atoms. The van der Waals surface area contributed by atoms with Crippen LogP contribution in [0.15, 0.2) is 79.0 Å². The minimum atomic E-state index is -4.52. The Kier molecular flexibility index (Phi) is 5.48. The molecule has 0 aliphatic carbocycles. The molecule has 2 aromatic carbocycles. The molecule has 1 N–H and O–H groups in total. The highest BCUT2D eigenvalue weighted by atomic mass is 19.4. The van der Waals surface area contributed by atoms with E-state index < -0.39 is 17.6 Å². The number of carbonyl (C=O) groups is 1. The van der Waals surface area contributed by atoms with E-state index in [0.717, 1.165) is 6.07 Å². The Morgan fingerprint density at radius 1 is 0.935 bits per heavy atom. The number of carbonyl (C=O) groups excluding carboxylic acids is 1. The van der Waals surface area contributed by atoms with Crippen LogP contribution in [0.1, 0.15) is 21.6 Å². The van der Waals surface area contributed by atoms with Crippen molar-refractivity contribution in [2.45, 2.75) is 12.7 Å². The summed E-state index contributed by atoms with van der Waals surface area (Å²) < 4.78 is 41.1. The largest absolute Gasteiger partial charge is 0.416 e. The average molecular weight is 423 g/mol. The van der Waals surface area contributed by atoms with Crippen molar-refractivity contribution in [2.24, 2.45) is 0 Å². The predicted octanol–water partition coefficient (Wildman–Crippen LogP) is 4.28. The molecular weight excluding hydrogens is 407 g/mol. The Hall–Kier alpha value is -4.01. The van der Waals surface area contributed by atoms with Gasteiger partial charge in [-0.2, -0.15) is 13.2 Å². The maximum atomic E-state index is 13.2. The fraction of sp³-hybridized carbons (Fsp3) is 0.0909. The lowest BCUT2D eigenvalue weighted by molar-refractivity contribution is -0.138. The molecule has 2 heterocycles.